The first-order chi connectivity index (χ1) is 13.6. The molecule has 1 heterocycles. The Morgan fingerprint density at radius 2 is 2.21 bits per heavy atom. The van der Waals surface area contributed by atoms with E-state index < -0.39 is 5.91 Å². The number of nitrogens with zero attached hydrogens (tertiary/aromatic N) is 2. The highest BCUT2D eigenvalue weighted by Gasteiger charge is 2.24. The SMILES string of the molecule is C=C(/C=C\C(=C/C)Nc1nc2cc(C3CC3)ccc2n1CCOC)C(=O)NO. The van der Waals surface area contributed by atoms with Crippen LogP contribution in [0, 0.1) is 0 Å². The number of benzene rings is 1. The van der Waals surface area contributed by atoms with Crippen molar-refractivity contribution in [3.63, 3.8) is 0 Å². The van der Waals surface area contributed by atoms with Crippen LogP contribution in [-0.4, -0.2) is 34.4 Å². The molecule has 0 radical (unpaired) electrons. The van der Waals surface area contributed by atoms with E-state index >= 15 is 0 Å². The van der Waals surface area contributed by atoms with Crippen LogP contribution in [0.3, 0.4) is 0 Å². The zero-order valence-electron chi connectivity index (χ0n) is 16.2. The maximum atomic E-state index is 11.4. The van der Waals surface area contributed by atoms with Crippen molar-refractivity contribution in [2.24, 2.45) is 0 Å². The van der Waals surface area contributed by atoms with Gasteiger partial charge in [-0.05, 0) is 55.5 Å². The monoisotopic (exact) mass is 382 g/mol. The molecular weight excluding hydrogens is 356 g/mol. The Balaban J connectivity index is 1.88. The van der Waals surface area contributed by atoms with E-state index in [4.69, 9.17) is 14.9 Å². The predicted molar refractivity (Wildman–Crippen MR) is 109 cm³/mol. The molecule has 3 N–H and O–H groups in total. The summed E-state index contributed by atoms with van der Waals surface area (Å²) in [6.07, 6.45) is 7.62. The normalized spacial score (nSPS) is 14.6. The standard InChI is InChI=1S/C21H26N4O3/c1-4-17(9-5-14(2)20(26)24-27)22-21-23-18-13-16(15-6-7-15)8-10-19(18)25(21)11-12-28-3/h4-5,8-10,13,15,27H,2,6-7,11-12H2,1,3H3,(H,22,23)(H,24,26)/b9-5-,17-4+. The molecule has 1 saturated carbocycles. The molecule has 0 saturated heterocycles. The van der Waals surface area contributed by atoms with Crippen LogP contribution in [0.1, 0.15) is 31.2 Å². The van der Waals surface area contributed by atoms with Crippen molar-refractivity contribution in [1.82, 2.24) is 15.0 Å². The van der Waals surface area contributed by atoms with Crippen molar-refractivity contribution in [3.05, 3.63) is 59.8 Å². The Morgan fingerprint density at radius 3 is 2.86 bits per heavy atom. The van der Waals surface area contributed by atoms with Gasteiger partial charge in [0.15, 0.2) is 0 Å². The summed E-state index contributed by atoms with van der Waals surface area (Å²) >= 11 is 0. The van der Waals surface area contributed by atoms with Crippen molar-refractivity contribution in [3.8, 4) is 0 Å². The summed E-state index contributed by atoms with van der Waals surface area (Å²) in [5, 5.41) is 12.0. The highest BCUT2D eigenvalue weighted by molar-refractivity contribution is 5.94. The second-order valence-corrected chi connectivity index (χ2v) is 6.77. The maximum Gasteiger partial charge on any atom is 0.274 e. The zero-order valence-corrected chi connectivity index (χ0v) is 16.2. The summed E-state index contributed by atoms with van der Waals surface area (Å²) in [6.45, 7) is 6.73. The van der Waals surface area contributed by atoms with Crippen LogP contribution in [0.15, 0.2) is 54.3 Å². The topological polar surface area (TPSA) is 88.4 Å². The Kier molecular flexibility index (Phi) is 6.28. The maximum absolute atomic E-state index is 11.4. The average molecular weight is 382 g/mol. The quantitative estimate of drug-likeness (QED) is 0.267. The molecule has 1 aliphatic carbocycles. The fourth-order valence-corrected chi connectivity index (χ4v) is 3.00. The van der Waals surface area contributed by atoms with Gasteiger partial charge in [-0.2, -0.15) is 0 Å². The van der Waals surface area contributed by atoms with Crippen LogP contribution in [0.4, 0.5) is 5.95 Å². The first kappa shape index (κ1) is 19.9. The third-order valence-corrected chi connectivity index (χ3v) is 4.76. The smallest absolute Gasteiger partial charge is 0.274 e. The fraction of sp³-hybridized carbons (Fsp3) is 0.333. The highest BCUT2D eigenvalue weighted by atomic mass is 16.5. The van der Waals surface area contributed by atoms with Gasteiger partial charge in [0, 0.05) is 24.9 Å². The minimum atomic E-state index is -0.647. The first-order valence-electron chi connectivity index (χ1n) is 9.31. The number of hydrogen-bond donors (Lipinski definition) is 3. The van der Waals surface area contributed by atoms with E-state index in [2.05, 4.69) is 34.7 Å². The number of nitrogens with one attached hydrogen (secondary N) is 2. The Bertz CT molecular complexity index is 939. The summed E-state index contributed by atoms with van der Waals surface area (Å²) in [5.41, 5.74) is 5.80. The number of hydroxylamine groups is 1. The lowest BCUT2D eigenvalue weighted by atomic mass is 10.1. The van der Waals surface area contributed by atoms with Crippen LogP contribution in [-0.2, 0) is 16.1 Å². The van der Waals surface area contributed by atoms with E-state index in [0.29, 0.717) is 25.0 Å². The third kappa shape index (κ3) is 4.49. The first-order valence-corrected chi connectivity index (χ1v) is 9.31. The van der Waals surface area contributed by atoms with Crippen molar-refractivity contribution >= 4 is 22.9 Å². The summed E-state index contributed by atoms with van der Waals surface area (Å²) in [5.74, 6) is 0.726. The molecule has 3 rings (SSSR count). The van der Waals surface area contributed by atoms with E-state index in [9.17, 15) is 4.79 Å². The van der Waals surface area contributed by atoms with Crippen LogP contribution in [0.25, 0.3) is 11.0 Å². The molecule has 0 unspecified atom stereocenters. The number of aromatic nitrogens is 2. The molecule has 148 valence electrons. The van der Waals surface area contributed by atoms with Crippen LogP contribution in [0.2, 0.25) is 0 Å². The van der Waals surface area contributed by atoms with Gasteiger partial charge in [0.1, 0.15) is 0 Å². The van der Waals surface area contributed by atoms with Gasteiger partial charge in [0.2, 0.25) is 5.95 Å². The second-order valence-electron chi connectivity index (χ2n) is 6.77. The zero-order chi connectivity index (χ0) is 20.1. The van der Waals surface area contributed by atoms with Crippen LogP contribution < -0.4 is 10.8 Å². The molecular formula is C21H26N4O3. The predicted octanol–water partition coefficient (Wildman–Crippen LogP) is 3.49. The number of carbonyl (C=O) groups excluding carboxylic acids is 1. The van der Waals surface area contributed by atoms with E-state index in [-0.39, 0.29) is 5.57 Å². The minimum Gasteiger partial charge on any atom is -0.383 e. The number of allylic oxidation sites excluding steroid dienone is 2. The van der Waals surface area contributed by atoms with Gasteiger partial charge in [-0.1, -0.05) is 18.7 Å². The number of imidazole rings is 1. The van der Waals surface area contributed by atoms with Gasteiger partial charge in [-0.3, -0.25) is 10.0 Å². The van der Waals surface area contributed by atoms with Gasteiger partial charge in [0.05, 0.1) is 17.6 Å². The van der Waals surface area contributed by atoms with Gasteiger partial charge < -0.3 is 14.6 Å². The van der Waals surface area contributed by atoms with Gasteiger partial charge in [-0.25, -0.2) is 10.5 Å². The second kappa shape index (κ2) is 8.86. The number of anilines is 1. The molecule has 1 fully saturated rings. The van der Waals surface area contributed by atoms with Crippen LogP contribution >= 0.6 is 0 Å². The largest absolute Gasteiger partial charge is 0.383 e. The van der Waals surface area contributed by atoms with E-state index in [0.717, 1.165) is 16.7 Å². The summed E-state index contributed by atoms with van der Waals surface area (Å²) in [7, 11) is 1.68. The van der Waals surface area contributed by atoms with E-state index in [1.807, 2.05) is 13.0 Å². The lowest BCUT2D eigenvalue weighted by Gasteiger charge is -2.11. The number of methoxy groups -OCH3 is 1. The Morgan fingerprint density at radius 1 is 1.43 bits per heavy atom. The summed E-state index contributed by atoms with van der Waals surface area (Å²) in [4.78, 5) is 16.2. The molecule has 2 aromatic rings. The van der Waals surface area contributed by atoms with Crippen molar-refractivity contribution in [2.75, 3.05) is 19.0 Å². The Labute approximate surface area is 164 Å². The number of fused-ring (bicyclic) bond motifs is 1. The number of amides is 1. The van der Waals surface area contributed by atoms with Gasteiger partial charge >= 0.3 is 0 Å². The fourth-order valence-electron chi connectivity index (χ4n) is 3.00. The molecule has 0 atom stereocenters. The molecule has 7 heteroatoms. The third-order valence-electron chi connectivity index (χ3n) is 4.76. The average Bonchev–Trinajstić information content (AvgIpc) is 3.51. The van der Waals surface area contributed by atoms with Crippen molar-refractivity contribution in [1.29, 1.82) is 0 Å². The highest BCUT2D eigenvalue weighted by Crippen LogP contribution is 2.41. The Hall–Kier alpha value is -2.90. The molecule has 0 spiro atoms. The van der Waals surface area contributed by atoms with Crippen LogP contribution in [0.5, 0.6) is 0 Å². The number of ether oxygens (including phenoxy) is 1. The van der Waals surface area contributed by atoms with E-state index in [1.165, 1.54) is 24.5 Å². The number of hydrogen-bond acceptors (Lipinski definition) is 5. The summed E-state index contributed by atoms with van der Waals surface area (Å²) < 4.78 is 7.34. The summed E-state index contributed by atoms with van der Waals surface area (Å²) in [6, 6.07) is 6.47. The van der Waals surface area contributed by atoms with E-state index in [1.54, 1.807) is 18.7 Å². The molecule has 0 bridgehead atoms. The molecule has 28 heavy (non-hydrogen) atoms. The number of carbonyl (C=O) groups is 1. The molecule has 1 aromatic heterocycles. The lowest BCUT2D eigenvalue weighted by Crippen LogP contribution is -2.19. The lowest BCUT2D eigenvalue weighted by molar-refractivity contribution is -0.124. The van der Waals surface area contributed by atoms with Crippen molar-refractivity contribution < 1.29 is 14.7 Å². The van der Waals surface area contributed by atoms with Gasteiger partial charge in [0.25, 0.3) is 5.91 Å². The molecule has 7 nitrogen and oxygen atoms in total. The minimum absolute atomic E-state index is 0.144. The molecule has 1 aromatic carbocycles. The van der Waals surface area contributed by atoms with Crippen molar-refractivity contribution in [2.45, 2.75) is 32.2 Å². The van der Waals surface area contributed by atoms with Gasteiger partial charge in [-0.15, -0.1) is 0 Å². The molecule has 1 aliphatic rings. The molecule has 0 aliphatic heterocycles. The number of rotatable bonds is 9. The molecule has 1 amide bonds.